The molecule has 0 fully saturated rings. The van der Waals surface area contributed by atoms with Crippen LogP contribution >= 0.6 is 0 Å². The standard InChI is InChI=1S/C23H24N2O4/c1-28-23(27)18-13-11-17(12-14-18)20(26)9-4-2-3-5-10-22-25-16-21(29-22)19-8-6-7-15-24-19/h6-8,11-16H,2-5,9-10H2,1H3. The predicted octanol–water partition coefficient (Wildman–Crippen LogP) is 4.90. The van der Waals surface area contributed by atoms with Crippen molar-refractivity contribution in [1.29, 1.82) is 0 Å². The van der Waals surface area contributed by atoms with Gasteiger partial charge in [-0.1, -0.05) is 31.0 Å². The van der Waals surface area contributed by atoms with Crippen molar-refractivity contribution >= 4 is 11.8 Å². The Labute approximate surface area is 170 Å². The number of ether oxygens (including phenoxy) is 1. The molecule has 6 heteroatoms. The lowest BCUT2D eigenvalue weighted by Gasteiger charge is -2.03. The molecule has 0 saturated heterocycles. The number of methoxy groups -OCH3 is 1. The molecular formula is C23H24N2O4. The van der Waals surface area contributed by atoms with Crippen LogP contribution in [0.15, 0.2) is 59.3 Å². The SMILES string of the molecule is COC(=O)c1ccc(C(=O)CCCCCCc2ncc(-c3ccccn3)o2)cc1. The number of nitrogens with zero attached hydrogens (tertiary/aromatic N) is 2. The molecule has 0 N–H and O–H groups in total. The van der Waals surface area contributed by atoms with Crippen LogP contribution < -0.4 is 0 Å². The number of carbonyl (C=O) groups is 2. The van der Waals surface area contributed by atoms with Crippen LogP contribution in [-0.2, 0) is 11.2 Å². The minimum Gasteiger partial charge on any atom is -0.465 e. The normalized spacial score (nSPS) is 10.7. The van der Waals surface area contributed by atoms with Crippen molar-refractivity contribution in [2.75, 3.05) is 7.11 Å². The Kier molecular flexibility index (Phi) is 7.28. The fourth-order valence-corrected chi connectivity index (χ4v) is 3.02. The summed E-state index contributed by atoms with van der Waals surface area (Å²) in [6.07, 6.45) is 8.49. The summed E-state index contributed by atoms with van der Waals surface area (Å²) in [6.45, 7) is 0. The molecule has 29 heavy (non-hydrogen) atoms. The van der Waals surface area contributed by atoms with Gasteiger partial charge in [0.2, 0.25) is 0 Å². The third kappa shape index (κ3) is 5.85. The molecule has 0 bridgehead atoms. The number of hydrogen-bond donors (Lipinski definition) is 0. The van der Waals surface area contributed by atoms with Gasteiger partial charge in [-0.15, -0.1) is 0 Å². The van der Waals surface area contributed by atoms with E-state index in [4.69, 9.17) is 4.42 Å². The first-order chi connectivity index (χ1) is 14.2. The van der Waals surface area contributed by atoms with Gasteiger partial charge in [0.25, 0.3) is 0 Å². The van der Waals surface area contributed by atoms with Crippen LogP contribution in [0.5, 0.6) is 0 Å². The zero-order chi connectivity index (χ0) is 20.5. The Morgan fingerprint density at radius 1 is 0.931 bits per heavy atom. The van der Waals surface area contributed by atoms with Crippen molar-refractivity contribution in [1.82, 2.24) is 9.97 Å². The highest BCUT2D eigenvalue weighted by Gasteiger charge is 2.10. The monoisotopic (exact) mass is 392 g/mol. The fourth-order valence-electron chi connectivity index (χ4n) is 3.02. The first-order valence-electron chi connectivity index (χ1n) is 9.75. The predicted molar refractivity (Wildman–Crippen MR) is 109 cm³/mol. The number of carbonyl (C=O) groups excluding carboxylic acids is 2. The minimum absolute atomic E-state index is 0.0918. The zero-order valence-corrected chi connectivity index (χ0v) is 16.5. The summed E-state index contributed by atoms with van der Waals surface area (Å²) >= 11 is 0. The van der Waals surface area contributed by atoms with E-state index in [1.54, 1.807) is 36.7 Å². The Balaban J connectivity index is 1.34. The molecule has 0 aliphatic carbocycles. The van der Waals surface area contributed by atoms with Crippen LogP contribution in [0.25, 0.3) is 11.5 Å². The molecule has 1 aromatic carbocycles. The van der Waals surface area contributed by atoms with Gasteiger partial charge in [0.15, 0.2) is 17.4 Å². The fraction of sp³-hybridized carbons (Fsp3) is 0.304. The van der Waals surface area contributed by atoms with E-state index in [1.165, 1.54) is 7.11 Å². The van der Waals surface area contributed by atoms with E-state index >= 15 is 0 Å². The highest BCUT2D eigenvalue weighted by Crippen LogP contribution is 2.19. The molecule has 0 saturated carbocycles. The summed E-state index contributed by atoms with van der Waals surface area (Å²) in [7, 11) is 1.34. The van der Waals surface area contributed by atoms with Gasteiger partial charge in [-0.3, -0.25) is 9.78 Å². The van der Waals surface area contributed by atoms with Crippen molar-refractivity contribution in [3.05, 3.63) is 71.9 Å². The van der Waals surface area contributed by atoms with E-state index in [0.717, 1.165) is 37.8 Å². The number of aryl methyl sites for hydroxylation is 1. The quantitative estimate of drug-likeness (QED) is 0.277. The number of unbranched alkanes of at least 4 members (excludes halogenated alkanes) is 3. The molecule has 3 aromatic rings. The molecule has 2 heterocycles. The van der Waals surface area contributed by atoms with Crippen molar-refractivity contribution in [2.45, 2.75) is 38.5 Å². The second-order valence-corrected chi connectivity index (χ2v) is 6.74. The van der Waals surface area contributed by atoms with Gasteiger partial charge in [0.1, 0.15) is 5.69 Å². The Bertz CT molecular complexity index is 933. The first kappa shape index (κ1) is 20.5. The molecule has 0 aliphatic heterocycles. The molecule has 2 aromatic heterocycles. The minimum atomic E-state index is -0.401. The van der Waals surface area contributed by atoms with Gasteiger partial charge in [-0.25, -0.2) is 9.78 Å². The van der Waals surface area contributed by atoms with Crippen molar-refractivity contribution in [3.8, 4) is 11.5 Å². The second kappa shape index (κ2) is 10.3. The Morgan fingerprint density at radius 3 is 2.41 bits per heavy atom. The van der Waals surface area contributed by atoms with Gasteiger partial charge < -0.3 is 9.15 Å². The lowest BCUT2D eigenvalue weighted by Crippen LogP contribution is -2.03. The second-order valence-electron chi connectivity index (χ2n) is 6.74. The zero-order valence-electron chi connectivity index (χ0n) is 16.5. The first-order valence-corrected chi connectivity index (χ1v) is 9.75. The number of esters is 1. The van der Waals surface area contributed by atoms with E-state index in [1.807, 2.05) is 18.2 Å². The molecule has 0 amide bonds. The number of benzene rings is 1. The van der Waals surface area contributed by atoms with E-state index in [9.17, 15) is 9.59 Å². The van der Waals surface area contributed by atoms with Crippen LogP contribution in [0.4, 0.5) is 0 Å². The van der Waals surface area contributed by atoms with Crippen molar-refractivity contribution in [2.24, 2.45) is 0 Å². The summed E-state index contributed by atoms with van der Waals surface area (Å²) in [4.78, 5) is 32.2. The van der Waals surface area contributed by atoms with Crippen LogP contribution in [-0.4, -0.2) is 28.8 Å². The van der Waals surface area contributed by atoms with Crippen molar-refractivity contribution in [3.63, 3.8) is 0 Å². The Hall–Kier alpha value is -3.28. The van der Waals surface area contributed by atoms with Crippen LogP contribution in [0.1, 0.15) is 58.7 Å². The summed E-state index contributed by atoms with van der Waals surface area (Å²) in [5, 5.41) is 0. The maximum atomic E-state index is 12.2. The molecule has 0 unspecified atom stereocenters. The van der Waals surface area contributed by atoms with E-state index in [-0.39, 0.29) is 5.78 Å². The van der Waals surface area contributed by atoms with E-state index in [0.29, 0.717) is 29.2 Å². The number of hydrogen-bond acceptors (Lipinski definition) is 6. The third-order valence-electron chi connectivity index (χ3n) is 4.64. The van der Waals surface area contributed by atoms with Gasteiger partial charge in [-0.05, 0) is 37.1 Å². The maximum absolute atomic E-state index is 12.2. The Morgan fingerprint density at radius 2 is 1.69 bits per heavy atom. The maximum Gasteiger partial charge on any atom is 0.337 e. The number of rotatable bonds is 10. The lowest BCUT2D eigenvalue weighted by atomic mass is 10.0. The number of Topliss-reactive ketones (excluding diaryl/α,β-unsaturated/α-hetero) is 1. The highest BCUT2D eigenvalue weighted by atomic mass is 16.5. The summed E-state index contributed by atoms with van der Waals surface area (Å²) in [5.74, 6) is 1.09. The smallest absolute Gasteiger partial charge is 0.337 e. The van der Waals surface area contributed by atoms with Crippen molar-refractivity contribution < 1.29 is 18.7 Å². The topological polar surface area (TPSA) is 82.3 Å². The third-order valence-corrected chi connectivity index (χ3v) is 4.64. The van der Waals surface area contributed by atoms with Crippen LogP contribution in [0.3, 0.4) is 0 Å². The number of pyridine rings is 1. The molecule has 0 atom stereocenters. The average Bonchev–Trinajstić information content (AvgIpc) is 3.25. The van der Waals surface area contributed by atoms with Crippen LogP contribution in [0.2, 0.25) is 0 Å². The van der Waals surface area contributed by atoms with Gasteiger partial charge in [0, 0.05) is 24.6 Å². The summed E-state index contributed by atoms with van der Waals surface area (Å²) in [6, 6.07) is 12.3. The van der Waals surface area contributed by atoms with E-state index < -0.39 is 5.97 Å². The largest absolute Gasteiger partial charge is 0.465 e. The number of aromatic nitrogens is 2. The summed E-state index contributed by atoms with van der Waals surface area (Å²) < 4.78 is 10.4. The molecule has 6 nitrogen and oxygen atoms in total. The van der Waals surface area contributed by atoms with Gasteiger partial charge in [-0.2, -0.15) is 0 Å². The number of ketones is 1. The molecule has 3 rings (SSSR count). The van der Waals surface area contributed by atoms with Gasteiger partial charge in [0.05, 0.1) is 18.9 Å². The lowest BCUT2D eigenvalue weighted by molar-refractivity contribution is 0.0600. The number of oxazole rings is 1. The molecule has 150 valence electrons. The summed E-state index contributed by atoms with van der Waals surface area (Å²) in [5.41, 5.74) is 1.85. The molecular weight excluding hydrogens is 368 g/mol. The highest BCUT2D eigenvalue weighted by molar-refractivity contribution is 5.97. The van der Waals surface area contributed by atoms with E-state index in [2.05, 4.69) is 14.7 Å². The molecule has 0 radical (unpaired) electrons. The average molecular weight is 392 g/mol. The van der Waals surface area contributed by atoms with Crippen LogP contribution in [0, 0.1) is 0 Å². The van der Waals surface area contributed by atoms with Gasteiger partial charge >= 0.3 is 5.97 Å². The molecule has 0 spiro atoms. The molecule has 0 aliphatic rings.